The fraction of sp³-hybridized carbons (Fsp3) is 0.524. The summed E-state index contributed by atoms with van der Waals surface area (Å²) < 4.78 is 1.85. The van der Waals surface area contributed by atoms with Gasteiger partial charge in [0.25, 0.3) is 0 Å². The van der Waals surface area contributed by atoms with E-state index in [2.05, 4.69) is 25.8 Å². The van der Waals surface area contributed by atoms with Crippen LogP contribution in [-0.4, -0.2) is 69.0 Å². The summed E-state index contributed by atoms with van der Waals surface area (Å²) in [5.41, 5.74) is 1.57. The molecule has 4 heterocycles. The number of aromatic hydroxyl groups is 1. The molecule has 1 unspecified atom stereocenters. The maximum absolute atomic E-state index is 12.6. The summed E-state index contributed by atoms with van der Waals surface area (Å²) in [6.07, 6.45) is 3.90. The van der Waals surface area contributed by atoms with Gasteiger partial charge in [-0.15, -0.1) is 5.10 Å². The Kier molecular flexibility index (Phi) is 5.98. The van der Waals surface area contributed by atoms with Crippen LogP contribution in [0.4, 0.5) is 0 Å². The lowest BCUT2D eigenvalue weighted by molar-refractivity contribution is -0.133. The second-order valence-corrected chi connectivity index (χ2v) is 8.19. The Morgan fingerprint density at radius 1 is 1.27 bits per heavy atom. The summed E-state index contributed by atoms with van der Waals surface area (Å²) in [5, 5.41) is 23.8. The highest BCUT2D eigenvalue weighted by Crippen LogP contribution is 2.37. The van der Waals surface area contributed by atoms with Crippen molar-refractivity contribution in [2.45, 2.75) is 32.4 Å². The Bertz CT molecular complexity index is 914. The zero-order valence-corrected chi connectivity index (χ0v) is 17.1. The number of aromatic nitrogens is 3. The Morgan fingerprint density at radius 2 is 2.10 bits per heavy atom. The van der Waals surface area contributed by atoms with E-state index in [1.165, 1.54) is 6.92 Å². The monoisotopic (exact) mass is 412 g/mol. The smallest absolute Gasteiger partial charge is 0.224 e. The molecule has 0 saturated carbocycles. The highest BCUT2D eigenvalue weighted by Gasteiger charge is 2.43. The molecule has 1 aromatic heterocycles. The van der Waals surface area contributed by atoms with Crippen LogP contribution >= 0.6 is 0 Å². The lowest BCUT2D eigenvalue weighted by Crippen LogP contribution is -2.58. The van der Waals surface area contributed by atoms with Crippen molar-refractivity contribution in [1.82, 2.24) is 30.5 Å². The molecule has 2 bridgehead atoms. The number of fused-ring (bicyclic) bond motifs is 3. The fourth-order valence-corrected chi connectivity index (χ4v) is 4.58. The summed E-state index contributed by atoms with van der Waals surface area (Å²) in [4.78, 5) is 25.9. The molecule has 2 aromatic rings. The van der Waals surface area contributed by atoms with Crippen molar-refractivity contribution in [3.05, 3.63) is 30.5 Å². The third-order valence-corrected chi connectivity index (χ3v) is 6.09. The lowest BCUT2D eigenvalue weighted by atomic mass is 9.75. The highest BCUT2D eigenvalue weighted by atomic mass is 16.3. The molecule has 1 aromatic carbocycles. The van der Waals surface area contributed by atoms with Crippen LogP contribution in [-0.2, 0) is 16.1 Å². The number of amides is 2. The van der Waals surface area contributed by atoms with Gasteiger partial charge in [0.15, 0.2) is 0 Å². The number of carbonyl (C=O) groups excluding carboxylic acids is 2. The summed E-state index contributed by atoms with van der Waals surface area (Å²) in [5.74, 6) is 0.579. The Hall–Kier alpha value is -2.94. The van der Waals surface area contributed by atoms with Crippen molar-refractivity contribution in [2.24, 2.45) is 11.8 Å². The molecular weight excluding hydrogens is 384 g/mol. The molecule has 9 nitrogen and oxygen atoms in total. The second-order valence-electron chi connectivity index (χ2n) is 8.19. The van der Waals surface area contributed by atoms with Crippen LogP contribution in [0.15, 0.2) is 30.5 Å². The fourth-order valence-electron chi connectivity index (χ4n) is 4.58. The average Bonchev–Trinajstić information content (AvgIpc) is 3.20. The maximum Gasteiger partial charge on any atom is 0.224 e. The number of nitrogens with zero attached hydrogens (tertiary/aromatic N) is 4. The number of hydrogen-bond donors (Lipinski definition) is 3. The molecule has 3 fully saturated rings. The molecule has 3 aliphatic rings. The van der Waals surface area contributed by atoms with Gasteiger partial charge in [0.2, 0.25) is 11.8 Å². The molecule has 0 spiro atoms. The Morgan fingerprint density at radius 3 is 2.83 bits per heavy atom. The van der Waals surface area contributed by atoms with Crippen LogP contribution in [0.5, 0.6) is 5.75 Å². The van der Waals surface area contributed by atoms with E-state index in [1.54, 1.807) is 18.2 Å². The van der Waals surface area contributed by atoms with E-state index < -0.39 is 0 Å². The van der Waals surface area contributed by atoms with Gasteiger partial charge in [-0.25, -0.2) is 0 Å². The predicted molar refractivity (Wildman–Crippen MR) is 110 cm³/mol. The topological polar surface area (TPSA) is 112 Å². The second kappa shape index (κ2) is 8.83. The quantitative estimate of drug-likeness (QED) is 0.575. The largest absolute Gasteiger partial charge is 0.508 e. The molecule has 30 heavy (non-hydrogen) atoms. The number of piperidine rings is 3. The van der Waals surface area contributed by atoms with Crippen LogP contribution in [0.2, 0.25) is 0 Å². The van der Waals surface area contributed by atoms with Gasteiger partial charge in [0.1, 0.15) is 11.4 Å². The summed E-state index contributed by atoms with van der Waals surface area (Å²) in [6, 6.07) is 7.33. The van der Waals surface area contributed by atoms with E-state index in [0.717, 1.165) is 43.7 Å². The van der Waals surface area contributed by atoms with Crippen LogP contribution in [0.1, 0.15) is 19.8 Å². The summed E-state index contributed by atoms with van der Waals surface area (Å²) >= 11 is 0. The number of nitrogens with one attached hydrogen (secondary N) is 2. The Balaban J connectivity index is 1.32. The van der Waals surface area contributed by atoms with E-state index in [1.807, 2.05) is 16.9 Å². The lowest BCUT2D eigenvalue weighted by Gasteiger charge is -2.49. The van der Waals surface area contributed by atoms with Gasteiger partial charge >= 0.3 is 0 Å². The molecule has 0 radical (unpaired) electrons. The van der Waals surface area contributed by atoms with E-state index in [0.29, 0.717) is 25.0 Å². The molecule has 5 rings (SSSR count). The summed E-state index contributed by atoms with van der Waals surface area (Å²) in [7, 11) is 0. The van der Waals surface area contributed by atoms with Crippen molar-refractivity contribution in [1.29, 1.82) is 0 Å². The molecule has 3 saturated heterocycles. The first-order valence-electron chi connectivity index (χ1n) is 10.5. The maximum atomic E-state index is 12.6. The number of carbonyl (C=O) groups is 2. The third kappa shape index (κ3) is 4.62. The normalized spacial score (nSPS) is 25.1. The predicted octanol–water partition coefficient (Wildman–Crippen LogP) is 0.613. The molecule has 4 atom stereocenters. The van der Waals surface area contributed by atoms with Crippen LogP contribution in [0.3, 0.4) is 0 Å². The van der Waals surface area contributed by atoms with Crippen LogP contribution in [0.25, 0.3) is 11.3 Å². The van der Waals surface area contributed by atoms with Gasteiger partial charge in [-0.2, -0.15) is 0 Å². The molecule has 0 aliphatic carbocycles. The van der Waals surface area contributed by atoms with E-state index >= 15 is 0 Å². The first-order valence-corrected chi connectivity index (χ1v) is 10.5. The molecule has 160 valence electrons. The van der Waals surface area contributed by atoms with E-state index in [-0.39, 0.29) is 23.5 Å². The first kappa shape index (κ1) is 20.3. The van der Waals surface area contributed by atoms with Gasteiger partial charge in [0, 0.05) is 38.2 Å². The third-order valence-electron chi connectivity index (χ3n) is 6.09. The van der Waals surface area contributed by atoms with Gasteiger partial charge in [-0.3, -0.25) is 19.2 Å². The number of hydrogen-bond acceptors (Lipinski definition) is 6. The van der Waals surface area contributed by atoms with E-state index in [4.69, 9.17) is 0 Å². The first-order chi connectivity index (χ1) is 14.5. The molecule has 3 aliphatic heterocycles. The van der Waals surface area contributed by atoms with Crippen LogP contribution in [0, 0.1) is 11.8 Å². The summed E-state index contributed by atoms with van der Waals surface area (Å²) in [6.45, 7) is 4.88. The number of phenols is 1. The molecule has 3 N–H and O–H groups in total. The SMILES string of the molecule is CC(=O)NCCNC(=O)[C@@H]1CN2CC[C@H]1C[C@@H]2Cn1cc(-c2cccc(O)c2)nn1. The molecule has 9 heteroatoms. The minimum absolute atomic E-state index is 0.00549. The zero-order chi connectivity index (χ0) is 21.1. The Labute approximate surface area is 175 Å². The number of benzene rings is 1. The zero-order valence-electron chi connectivity index (χ0n) is 17.1. The van der Waals surface area contributed by atoms with Crippen molar-refractivity contribution >= 4 is 11.8 Å². The molecule has 2 amide bonds. The average molecular weight is 412 g/mol. The molecular formula is C21H28N6O3. The van der Waals surface area contributed by atoms with Crippen molar-refractivity contribution in [2.75, 3.05) is 26.2 Å². The van der Waals surface area contributed by atoms with Gasteiger partial charge < -0.3 is 15.7 Å². The van der Waals surface area contributed by atoms with Gasteiger partial charge in [-0.1, -0.05) is 17.3 Å². The minimum atomic E-state index is -0.0877. The number of rotatable bonds is 7. The van der Waals surface area contributed by atoms with E-state index in [9.17, 15) is 14.7 Å². The highest BCUT2D eigenvalue weighted by molar-refractivity contribution is 5.79. The standard InChI is InChI=1S/C21H28N6O3/c1-14(28)22-6-7-23-21(30)19-12-26-8-5-15(19)9-17(26)11-27-13-20(24-25-27)16-3-2-4-18(29)10-16/h2-4,10,13,15,17,19,29H,5-9,11-12H2,1H3,(H,22,28)(H,23,30)/t15-,17+,19+/m0/s1. The van der Waals surface area contributed by atoms with Crippen molar-refractivity contribution in [3.8, 4) is 17.0 Å². The van der Waals surface area contributed by atoms with Crippen molar-refractivity contribution in [3.63, 3.8) is 0 Å². The van der Waals surface area contributed by atoms with Gasteiger partial charge in [-0.05, 0) is 37.4 Å². The van der Waals surface area contributed by atoms with Gasteiger partial charge in [0.05, 0.1) is 18.7 Å². The van der Waals surface area contributed by atoms with Crippen LogP contribution < -0.4 is 10.6 Å². The number of phenolic OH excluding ortho intramolecular Hbond substituents is 1. The minimum Gasteiger partial charge on any atom is -0.508 e. The van der Waals surface area contributed by atoms with Crippen molar-refractivity contribution < 1.29 is 14.7 Å².